The number of benzene rings is 1. The molecule has 1 amide bonds. The van der Waals surface area contributed by atoms with Crippen molar-refractivity contribution in [1.82, 2.24) is 10.3 Å². The van der Waals surface area contributed by atoms with Crippen molar-refractivity contribution in [3.05, 3.63) is 48.2 Å². The minimum absolute atomic E-state index is 0.0691. The molecule has 0 atom stereocenters. The summed E-state index contributed by atoms with van der Waals surface area (Å²) in [6, 6.07) is 7.94. The standard InChI is InChI=1S/C17H21N3O3/c21-17(22-11-16-10-19-12-23-16)20-15-3-1-13(2-4-15)9-14-5-7-18-8-6-14/h1-4,10,12,14,18H,5-9,11H2,(H,20,21). The topological polar surface area (TPSA) is 76.4 Å². The Kier molecular flexibility index (Phi) is 5.26. The van der Waals surface area contributed by atoms with Crippen LogP contribution in [0, 0.1) is 5.92 Å². The van der Waals surface area contributed by atoms with E-state index in [1.54, 1.807) is 0 Å². The number of hydrogen-bond acceptors (Lipinski definition) is 5. The molecule has 1 aromatic heterocycles. The molecule has 1 aliphatic heterocycles. The van der Waals surface area contributed by atoms with Gasteiger partial charge in [0.25, 0.3) is 0 Å². The molecule has 2 aromatic rings. The molecule has 2 N–H and O–H groups in total. The second-order valence-corrected chi connectivity index (χ2v) is 5.76. The fraction of sp³-hybridized carbons (Fsp3) is 0.412. The Hall–Kier alpha value is -2.34. The number of nitrogens with zero attached hydrogens (tertiary/aromatic N) is 1. The molecule has 1 aromatic carbocycles. The van der Waals surface area contributed by atoms with Gasteiger partial charge in [-0.15, -0.1) is 0 Å². The summed E-state index contributed by atoms with van der Waals surface area (Å²) in [6.45, 7) is 2.29. The molecule has 6 nitrogen and oxygen atoms in total. The van der Waals surface area contributed by atoms with E-state index in [9.17, 15) is 4.79 Å². The lowest BCUT2D eigenvalue weighted by molar-refractivity contribution is 0.146. The molecule has 0 radical (unpaired) electrons. The lowest BCUT2D eigenvalue weighted by Crippen LogP contribution is -2.28. The summed E-state index contributed by atoms with van der Waals surface area (Å²) in [6.07, 6.45) is 5.87. The average molecular weight is 315 g/mol. The number of oxazole rings is 1. The normalized spacial score (nSPS) is 15.3. The van der Waals surface area contributed by atoms with Crippen LogP contribution in [0.25, 0.3) is 0 Å². The monoisotopic (exact) mass is 315 g/mol. The molecule has 1 aliphatic rings. The van der Waals surface area contributed by atoms with Crippen LogP contribution in [0.5, 0.6) is 0 Å². The first-order valence-electron chi connectivity index (χ1n) is 7.90. The van der Waals surface area contributed by atoms with Gasteiger partial charge in [0.2, 0.25) is 0 Å². The summed E-state index contributed by atoms with van der Waals surface area (Å²) >= 11 is 0. The van der Waals surface area contributed by atoms with Crippen molar-refractivity contribution in [2.75, 3.05) is 18.4 Å². The van der Waals surface area contributed by atoms with Crippen molar-refractivity contribution in [3.63, 3.8) is 0 Å². The van der Waals surface area contributed by atoms with E-state index in [4.69, 9.17) is 9.15 Å². The number of carbonyl (C=O) groups is 1. The van der Waals surface area contributed by atoms with Crippen LogP contribution < -0.4 is 10.6 Å². The minimum atomic E-state index is -0.507. The van der Waals surface area contributed by atoms with Crippen LogP contribution >= 0.6 is 0 Å². The first-order valence-corrected chi connectivity index (χ1v) is 7.90. The van der Waals surface area contributed by atoms with E-state index in [1.165, 1.54) is 31.0 Å². The third-order valence-corrected chi connectivity index (χ3v) is 4.01. The Morgan fingerprint density at radius 1 is 1.30 bits per heavy atom. The summed E-state index contributed by atoms with van der Waals surface area (Å²) in [5.41, 5.74) is 2.03. The fourth-order valence-electron chi connectivity index (χ4n) is 2.75. The van der Waals surface area contributed by atoms with E-state index >= 15 is 0 Å². The predicted octanol–water partition coefficient (Wildman–Crippen LogP) is 2.97. The molecule has 0 bridgehead atoms. The predicted molar refractivity (Wildman–Crippen MR) is 86.1 cm³/mol. The minimum Gasteiger partial charge on any atom is -0.445 e. The molecule has 2 heterocycles. The third-order valence-electron chi connectivity index (χ3n) is 4.01. The summed E-state index contributed by atoms with van der Waals surface area (Å²) in [5.74, 6) is 1.26. The summed E-state index contributed by atoms with van der Waals surface area (Å²) in [4.78, 5) is 15.5. The summed E-state index contributed by atoms with van der Waals surface area (Å²) in [7, 11) is 0. The van der Waals surface area contributed by atoms with Gasteiger partial charge in [-0.2, -0.15) is 0 Å². The zero-order valence-electron chi connectivity index (χ0n) is 13.0. The van der Waals surface area contributed by atoms with Gasteiger partial charge < -0.3 is 14.5 Å². The molecule has 0 saturated carbocycles. The highest BCUT2D eigenvalue weighted by Gasteiger charge is 2.13. The number of amides is 1. The Bertz CT molecular complexity index is 605. The SMILES string of the molecule is O=C(Nc1ccc(CC2CCNCC2)cc1)OCc1cnco1. The zero-order chi connectivity index (χ0) is 15.9. The lowest BCUT2D eigenvalue weighted by Gasteiger charge is -2.22. The number of aromatic nitrogens is 1. The van der Waals surface area contributed by atoms with Crippen LogP contribution in [-0.4, -0.2) is 24.2 Å². The van der Waals surface area contributed by atoms with Gasteiger partial charge >= 0.3 is 6.09 Å². The maximum atomic E-state index is 11.7. The zero-order valence-corrected chi connectivity index (χ0v) is 13.0. The number of piperidine rings is 1. The van der Waals surface area contributed by atoms with Gasteiger partial charge in [0.1, 0.15) is 0 Å². The summed E-state index contributed by atoms with van der Waals surface area (Å²) in [5, 5.41) is 6.08. The molecule has 122 valence electrons. The van der Waals surface area contributed by atoms with Gasteiger partial charge in [-0.25, -0.2) is 9.78 Å². The maximum absolute atomic E-state index is 11.7. The quantitative estimate of drug-likeness (QED) is 0.887. The first-order chi connectivity index (χ1) is 11.3. The first kappa shape index (κ1) is 15.6. The highest BCUT2D eigenvalue weighted by molar-refractivity contribution is 5.84. The molecular formula is C17H21N3O3. The number of hydrogen-bond donors (Lipinski definition) is 2. The Morgan fingerprint density at radius 3 is 2.78 bits per heavy atom. The van der Waals surface area contributed by atoms with E-state index in [1.807, 2.05) is 12.1 Å². The van der Waals surface area contributed by atoms with Crippen LogP contribution in [0.1, 0.15) is 24.2 Å². The molecule has 1 fully saturated rings. The molecule has 0 unspecified atom stereocenters. The van der Waals surface area contributed by atoms with E-state index in [0.717, 1.165) is 31.1 Å². The largest absolute Gasteiger partial charge is 0.445 e. The van der Waals surface area contributed by atoms with Gasteiger partial charge in [-0.05, 0) is 56.0 Å². The van der Waals surface area contributed by atoms with E-state index in [0.29, 0.717) is 5.76 Å². The van der Waals surface area contributed by atoms with Crippen molar-refractivity contribution >= 4 is 11.8 Å². The molecule has 3 rings (SSSR count). The molecule has 0 aliphatic carbocycles. The van der Waals surface area contributed by atoms with Gasteiger partial charge in [-0.3, -0.25) is 5.32 Å². The summed E-state index contributed by atoms with van der Waals surface area (Å²) < 4.78 is 10.1. The number of anilines is 1. The molecule has 6 heteroatoms. The highest BCUT2D eigenvalue weighted by atomic mass is 16.6. The van der Waals surface area contributed by atoms with Crippen LogP contribution in [0.2, 0.25) is 0 Å². The molecule has 0 spiro atoms. The van der Waals surface area contributed by atoms with Gasteiger partial charge in [0.15, 0.2) is 18.8 Å². The van der Waals surface area contributed by atoms with Gasteiger partial charge in [-0.1, -0.05) is 12.1 Å². The molecular weight excluding hydrogens is 294 g/mol. The average Bonchev–Trinajstić information content (AvgIpc) is 3.09. The van der Waals surface area contributed by atoms with Crippen LogP contribution in [0.15, 0.2) is 41.3 Å². The van der Waals surface area contributed by atoms with Crippen molar-refractivity contribution in [1.29, 1.82) is 0 Å². The van der Waals surface area contributed by atoms with E-state index < -0.39 is 6.09 Å². The highest BCUT2D eigenvalue weighted by Crippen LogP contribution is 2.19. The number of rotatable bonds is 5. The Labute approximate surface area is 135 Å². The number of carbonyl (C=O) groups excluding carboxylic acids is 1. The second-order valence-electron chi connectivity index (χ2n) is 5.76. The fourth-order valence-corrected chi connectivity index (χ4v) is 2.75. The second kappa shape index (κ2) is 7.78. The van der Waals surface area contributed by atoms with Crippen molar-refractivity contribution in [2.24, 2.45) is 5.92 Å². The van der Waals surface area contributed by atoms with Crippen molar-refractivity contribution in [3.8, 4) is 0 Å². The Balaban J connectivity index is 1.45. The Morgan fingerprint density at radius 2 is 2.09 bits per heavy atom. The van der Waals surface area contributed by atoms with Crippen LogP contribution in [-0.2, 0) is 17.8 Å². The van der Waals surface area contributed by atoms with Crippen molar-refractivity contribution in [2.45, 2.75) is 25.9 Å². The van der Waals surface area contributed by atoms with Gasteiger partial charge in [0.05, 0.1) is 6.20 Å². The number of ether oxygens (including phenoxy) is 1. The van der Waals surface area contributed by atoms with Gasteiger partial charge in [0, 0.05) is 5.69 Å². The third kappa shape index (κ3) is 4.82. The van der Waals surface area contributed by atoms with E-state index in [-0.39, 0.29) is 6.61 Å². The lowest BCUT2D eigenvalue weighted by atomic mass is 9.91. The van der Waals surface area contributed by atoms with Crippen molar-refractivity contribution < 1.29 is 13.9 Å². The van der Waals surface area contributed by atoms with Crippen LogP contribution in [0.3, 0.4) is 0 Å². The maximum Gasteiger partial charge on any atom is 0.412 e. The van der Waals surface area contributed by atoms with Crippen LogP contribution in [0.4, 0.5) is 10.5 Å². The smallest absolute Gasteiger partial charge is 0.412 e. The molecule has 23 heavy (non-hydrogen) atoms. The van der Waals surface area contributed by atoms with E-state index in [2.05, 4.69) is 27.8 Å². The molecule has 1 saturated heterocycles. The number of nitrogens with one attached hydrogen (secondary N) is 2.